The van der Waals surface area contributed by atoms with Crippen LogP contribution >= 0.6 is 23.1 Å². The molecule has 1 amide bonds. The van der Waals surface area contributed by atoms with Crippen molar-refractivity contribution in [3.8, 4) is 0 Å². The van der Waals surface area contributed by atoms with Gasteiger partial charge < -0.3 is 5.32 Å². The standard InChI is InChI=1S/C16H21N3O2S2/c1-6-8-19-15(21)12-9(3)10(4)22-14(12)18-16(19)23-11(5)13(20)17-7-2/h6,11H,1,7-8H2,2-5H3,(H,17,20)/t11-/m1/s1. The van der Waals surface area contributed by atoms with Crippen LogP contribution in [0.3, 0.4) is 0 Å². The highest BCUT2D eigenvalue weighted by atomic mass is 32.2. The Labute approximate surface area is 143 Å². The Balaban J connectivity index is 2.54. The second kappa shape index (κ2) is 7.31. The van der Waals surface area contributed by atoms with Gasteiger partial charge in [0.2, 0.25) is 5.91 Å². The molecule has 0 aliphatic carbocycles. The number of aryl methyl sites for hydroxylation is 2. The molecule has 2 aromatic rings. The number of hydrogen-bond donors (Lipinski definition) is 1. The highest BCUT2D eigenvalue weighted by Gasteiger charge is 2.20. The number of thioether (sulfide) groups is 1. The molecule has 0 saturated heterocycles. The molecule has 2 aromatic heterocycles. The molecule has 0 saturated carbocycles. The minimum Gasteiger partial charge on any atom is -0.355 e. The van der Waals surface area contributed by atoms with Crippen LogP contribution in [0.25, 0.3) is 10.2 Å². The van der Waals surface area contributed by atoms with E-state index in [0.717, 1.165) is 15.3 Å². The lowest BCUT2D eigenvalue weighted by Crippen LogP contribution is -2.31. The molecule has 124 valence electrons. The van der Waals surface area contributed by atoms with Crippen LogP contribution in [0.5, 0.6) is 0 Å². The number of aromatic nitrogens is 2. The first-order valence-corrected chi connectivity index (χ1v) is 9.16. The summed E-state index contributed by atoms with van der Waals surface area (Å²) in [6.45, 7) is 12.3. The molecule has 0 aromatic carbocycles. The Bertz CT molecular complexity index is 808. The second-order valence-electron chi connectivity index (χ2n) is 5.22. The first kappa shape index (κ1) is 17.7. The second-order valence-corrected chi connectivity index (χ2v) is 7.73. The van der Waals surface area contributed by atoms with E-state index in [2.05, 4.69) is 16.9 Å². The number of rotatable bonds is 6. The summed E-state index contributed by atoms with van der Waals surface area (Å²) >= 11 is 2.82. The molecule has 0 aliphatic heterocycles. The fraction of sp³-hybridized carbons (Fsp3) is 0.438. The maximum absolute atomic E-state index is 12.8. The van der Waals surface area contributed by atoms with Gasteiger partial charge >= 0.3 is 0 Å². The van der Waals surface area contributed by atoms with Crippen molar-refractivity contribution in [3.63, 3.8) is 0 Å². The van der Waals surface area contributed by atoms with Gasteiger partial charge in [0.05, 0.1) is 10.6 Å². The number of thiophene rings is 1. The van der Waals surface area contributed by atoms with Crippen LogP contribution < -0.4 is 10.9 Å². The Hall–Kier alpha value is -1.60. The fourth-order valence-corrected chi connectivity index (χ4v) is 4.23. The van der Waals surface area contributed by atoms with Gasteiger partial charge in [-0.1, -0.05) is 17.8 Å². The van der Waals surface area contributed by atoms with Crippen molar-refractivity contribution in [1.29, 1.82) is 0 Å². The smallest absolute Gasteiger partial charge is 0.263 e. The van der Waals surface area contributed by atoms with Crippen molar-refractivity contribution in [3.05, 3.63) is 33.4 Å². The lowest BCUT2D eigenvalue weighted by atomic mass is 10.2. The molecule has 7 heteroatoms. The maximum atomic E-state index is 12.8. The Kier molecular flexibility index (Phi) is 5.64. The number of allylic oxidation sites excluding steroid dienone is 1. The fourth-order valence-electron chi connectivity index (χ4n) is 2.22. The summed E-state index contributed by atoms with van der Waals surface area (Å²) in [5.74, 6) is -0.0597. The third-order valence-corrected chi connectivity index (χ3v) is 5.76. The van der Waals surface area contributed by atoms with Crippen molar-refractivity contribution in [2.45, 2.75) is 44.6 Å². The van der Waals surface area contributed by atoms with E-state index in [1.165, 1.54) is 23.1 Å². The zero-order valence-electron chi connectivity index (χ0n) is 13.8. The molecule has 2 heterocycles. The van der Waals surface area contributed by atoms with E-state index in [0.29, 0.717) is 23.6 Å². The number of hydrogen-bond acceptors (Lipinski definition) is 5. The van der Waals surface area contributed by atoms with Crippen LogP contribution in [-0.4, -0.2) is 27.3 Å². The minimum atomic E-state index is -0.322. The van der Waals surface area contributed by atoms with Gasteiger partial charge in [0.25, 0.3) is 5.56 Å². The molecule has 1 N–H and O–H groups in total. The predicted octanol–water partition coefficient (Wildman–Crippen LogP) is 2.88. The van der Waals surface area contributed by atoms with Crippen molar-refractivity contribution in [1.82, 2.24) is 14.9 Å². The third-order valence-electron chi connectivity index (χ3n) is 3.57. The van der Waals surface area contributed by atoms with Gasteiger partial charge in [-0.05, 0) is 33.3 Å². The average molecular weight is 351 g/mol. The monoisotopic (exact) mass is 351 g/mol. The third kappa shape index (κ3) is 3.50. The van der Waals surface area contributed by atoms with E-state index in [-0.39, 0.29) is 16.7 Å². The normalized spacial score (nSPS) is 12.3. The van der Waals surface area contributed by atoms with Crippen LogP contribution in [0, 0.1) is 13.8 Å². The molecule has 23 heavy (non-hydrogen) atoms. The zero-order valence-corrected chi connectivity index (χ0v) is 15.4. The SMILES string of the molecule is C=CCn1c(S[C@H](C)C(=O)NCC)nc2sc(C)c(C)c2c1=O. The summed E-state index contributed by atoms with van der Waals surface area (Å²) in [5, 5.41) is 3.70. The Morgan fingerprint density at radius 1 is 1.52 bits per heavy atom. The van der Waals surface area contributed by atoms with Gasteiger partial charge in [-0.15, -0.1) is 17.9 Å². The molecule has 0 spiro atoms. The summed E-state index contributed by atoms with van der Waals surface area (Å²) < 4.78 is 1.59. The van der Waals surface area contributed by atoms with Gasteiger partial charge in [0.15, 0.2) is 5.16 Å². The molecule has 0 fully saturated rings. The first-order valence-electron chi connectivity index (χ1n) is 7.46. The van der Waals surface area contributed by atoms with Crippen LogP contribution in [0.15, 0.2) is 22.6 Å². The summed E-state index contributed by atoms with van der Waals surface area (Å²) in [7, 11) is 0. The summed E-state index contributed by atoms with van der Waals surface area (Å²) in [6, 6.07) is 0. The highest BCUT2D eigenvalue weighted by molar-refractivity contribution is 8.00. The minimum absolute atomic E-state index is 0.0597. The summed E-state index contributed by atoms with van der Waals surface area (Å²) in [6.07, 6.45) is 1.67. The van der Waals surface area contributed by atoms with Gasteiger partial charge in [-0.2, -0.15) is 0 Å². The number of fused-ring (bicyclic) bond motifs is 1. The number of carbonyl (C=O) groups is 1. The van der Waals surface area contributed by atoms with Gasteiger partial charge in [-0.25, -0.2) is 4.98 Å². The van der Waals surface area contributed by atoms with Gasteiger partial charge in [0, 0.05) is 18.0 Å². The summed E-state index contributed by atoms with van der Waals surface area (Å²) in [4.78, 5) is 31.2. The molecule has 2 rings (SSSR count). The van der Waals surface area contributed by atoms with E-state index in [1.807, 2.05) is 27.7 Å². The van der Waals surface area contributed by atoms with E-state index in [4.69, 9.17) is 0 Å². The molecule has 5 nitrogen and oxygen atoms in total. The zero-order chi connectivity index (χ0) is 17.1. The topological polar surface area (TPSA) is 64.0 Å². The number of nitrogens with one attached hydrogen (secondary N) is 1. The Morgan fingerprint density at radius 2 is 2.22 bits per heavy atom. The first-order chi connectivity index (χ1) is 10.9. The van der Waals surface area contributed by atoms with E-state index in [9.17, 15) is 9.59 Å². The molecule has 0 aliphatic rings. The van der Waals surface area contributed by atoms with Gasteiger partial charge in [0.1, 0.15) is 4.83 Å². The lowest BCUT2D eigenvalue weighted by Gasteiger charge is -2.14. The molecule has 0 radical (unpaired) electrons. The maximum Gasteiger partial charge on any atom is 0.263 e. The van der Waals surface area contributed by atoms with Crippen molar-refractivity contribution in [2.75, 3.05) is 6.54 Å². The van der Waals surface area contributed by atoms with Crippen molar-refractivity contribution in [2.24, 2.45) is 0 Å². The highest BCUT2D eigenvalue weighted by Crippen LogP contribution is 2.29. The van der Waals surface area contributed by atoms with Crippen molar-refractivity contribution < 1.29 is 4.79 Å². The number of carbonyl (C=O) groups excluding carboxylic acids is 1. The average Bonchev–Trinajstić information content (AvgIpc) is 2.78. The summed E-state index contributed by atoms with van der Waals surface area (Å²) in [5.41, 5.74) is 0.913. The largest absolute Gasteiger partial charge is 0.355 e. The van der Waals surface area contributed by atoms with Crippen molar-refractivity contribution >= 4 is 39.2 Å². The number of amides is 1. The van der Waals surface area contributed by atoms with E-state index < -0.39 is 0 Å². The van der Waals surface area contributed by atoms with Crippen LogP contribution in [0.2, 0.25) is 0 Å². The molecular formula is C16H21N3O2S2. The number of nitrogens with zero attached hydrogens (tertiary/aromatic N) is 2. The molecule has 0 bridgehead atoms. The van der Waals surface area contributed by atoms with Crippen LogP contribution in [0.4, 0.5) is 0 Å². The predicted molar refractivity (Wildman–Crippen MR) is 97.6 cm³/mol. The molecule has 1 atom stereocenters. The van der Waals surface area contributed by atoms with Crippen LogP contribution in [-0.2, 0) is 11.3 Å². The van der Waals surface area contributed by atoms with Gasteiger partial charge in [-0.3, -0.25) is 14.2 Å². The lowest BCUT2D eigenvalue weighted by molar-refractivity contribution is -0.120. The quantitative estimate of drug-likeness (QED) is 0.494. The molecule has 0 unspecified atom stereocenters. The molecular weight excluding hydrogens is 330 g/mol. The Morgan fingerprint density at radius 3 is 2.83 bits per heavy atom. The van der Waals surface area contributed by atoms with Crippen LogP contribution in [0.1, 0.15) is 24.3 Å². The van der Waals surface area contributed by atoms with E-state index in [1.54, 1.807) is 10.6 Å². The van der Waals surface area contributed by atoms with E-state index >= 15 is 0 Å².